The minimum absolute atomic E-state index is 0.131. The Morgan fingerprint density at radius 2 is 2.13 bits per heavy atom. The summed E-state index contributed by atoms with van der Waals surface area (Å²) in [6, 6.07) is 11.2. The molecule has 23 heavy (non-hydrogen) atoms. The molecule has 1 amide bonds. The summed E-state index contributed by atoms with van der Waals surface area (Å²) in [6.45, 7) is 3.44. The summed E-state index contributed by atoms with van der Waals surface area (Å²) in [6.07, 6.45) is 3.92. The molecule has 2 aromatic rings. The van der Waals surface area contributed by atoms with Crippen molar-refractivity contribution in [2.24, 2.45) is 0 Å². The van der Waals surface area contributed by atoms with Gasteiger partial charge in [0.2, 0.25) is 5.91 Å². The number of ether oxygens (including phenoxy) is 1. The van der Waals surface area contributed by atoms with Crippen molar-refractivity contribution in [3.8, 4) is 0 Å². The van der Waals surface area contributed by atoms with Crippen LogP contribution in [0.1, 0.15) is 24.7 Å². The summed E-state index contributed by atoms with van der Waals surface area (Å²) in [5, 5.41) is 3.47. The van der Waals surface area contributed by atoms with E-state index in [9.17, 15) is 4.79 Å². The van der Waals surface area contributed by atoms with Crippen molar-refractivity contribution in [1.82, 2.24) is 5.32 Å². The van der Waals surface area contributed by atoms with Gasteiger partial charge < -0.3 is 14.5 Å². The van der Waals surface area contributed by atoms with Crippen LogP contribution in [-0.2, 0) is 16.1 Å². The second-order valence-corrected chi connectivity index (χ2v) is 5.49. The van der Waals surface area contributed by atoms with Crippen LogP contribution in [0.5, 0.6) is 0 Å². The Kier molecular flexibility index (Phi) is 6.91. The summed E-state index contributed by atoms with van der Waals surface area (Å²) < 4.78 is 10.6. The van der Waals surface area contributed by atoms with Gasteiger partial charge in [0.05, 0.1) is 6.26 Å². The Morgan fingerprint density at radius 3 is 2.87 bits per heavy atom. The first kappa shape index (κ1) is 17.3. The van der Waals surface area contributed by atoms with Gasteiger partial charge in [0, 0.05) is 24.3 Å². The topological polar surface area (TPSA) is 51.5 Å². The van der Waals surface area contributed by atoms with Crippen LogP contribution in [-0.4, -0.2) is 19.1 Å². The van der Waals surface area contributed by atoms with E-state index in [2.05, 4.69) is 5.32 Å². The van der Waals surface area contributed by atoms with Crippen molar-refractivity contribution < 1.29 is 13.9 Å². The molecule has 2 rings (SSSR count). The highest BCUT2D eigenvalue weighted by Gasteiger charge is 2.04. The van der Waals surface area contributed by atoms with Crippen LogP contribution in [0, 0.1) is 0 Å². The van der Waals surface area contributed by atoms with E-state index in [0.717, 1.165) is 23.3 Å². The highest BCUT2D eigenvalue weighted by molar-refractivity contribution is 6.32. The number of hydrogen-bond acceptors (Lipinski definition) is 3. The predicted molar refractivity (Wildman–Crippen MR) is 91.1 cm³/mol. The van der Waals surface area contributed by atoms with E-state index in [0.29, 0.717) is 24.8 Å². The van der Waals surface area contributed by atoms with Crippen molar-refractivity contribution in [3.05, 3.63) is 65.1 Å². The fraction of sp³-hybridized carbons (Fsp3) is 0.278. The average molecular weight is 334 g/mol. The monoisotopic (exact) mass is 333 g/mol. The zero-order valence-corrected chi connectivity index (χ0v) is 13.8. The van der Waals surface area contributed by atoms with E-state index in [-0.39, 0.29) is 5.91 Å². The third-order valence-corrected chi connectivity index (χ3v) is 3.56. The van der Waals surface area contributed by atoms with Crippen LogP contribution in [0.3, 0.4) is 0 Å². The molecule has 0 saturated heterocycles. The molecule has 0 atom stereocenters. The third kappa shape index (κ3) is 5.93. The number of halogens is 1. The van der Waals surface area contributed by atoms with Gasteiger partial charge in [-0.1, -0.05) is 29.8 Å². The van der Waals surface area contributed by atoms with E-state index in [1.807, 2.05) is 43.3 Å². The van der Waals surface area contributed by atoms with Crippen LogP contribution in [0.25, 0.3) is 5.57 Å². The lowest BCUT2D eigenvalue weighted by atomic mass is 10.1. The van der Waals surface area contributed by atoms with Crippen LogP contribution in [0.2, 0.25) is 5.02 Å². The maximum absolute atomic E-state index is 11.9. The quantitative estimate of drug-likeness (QED) is 0.585. The van der Waals surface area contributed by atoms with Crippen molar-refractivity contribution in [3.63, 3.8) is 0 Å². The molecule has 1 heterocycles. The largest absolute Gasteiger partial charge is 0.467 e. The third-order valence-electron chi connectivity index (χ3n) is 3.24. The molecule has 0 radical (unpaired) electrons. The molecule has 0 aliphatic carbocycles. The van der Waals surface area contributed by atoms with Gasteiger partial charge in [0.1, 0.15) is 12.4 Å². The Hall–Kier alpha value is -2.04. The number of hydrogen-bond donors (Lipinski definition) is 1. The lowest BCUT2D eigenvalue weighted by molar-refractivity contribution is -0.116. The van der Waals surface area contributed by atoms with E-state index < -0.39 is 0 Å². The lowest BCUT2D eigenvalue weighted by Gasteiger charge is -2.06. The molecular formula is C18H20ClNO3. The van der Waals surface area contributed by atoms with Crippen molar-refractivity contribution >= 4 is 23.1 Å². The maximum Gasteiger partial charge on any atom is 0.244 e. The van der Waals surface area contributed by atoms with Crippen LogP contribution >= 0.6 is 11.6 Å². The molecule has 5 heteroatoms. The number of rotatable bonds is 8. The Labute approximate surface area is 141 Å². The molecular weight excluding hydrogens is 314 g/mol. The molecule has 0 spiro atoms. The second kappa shape index (κ2) is 9.18. The van der Waals surface area contributed by atoms with Gasteiger partial charge in [-0.15, -0.1) is 0 Å². The zero-order chi connectivity index (χ0) is 16.5. The minimum atomic E-state index is -0.131. The summed E-state index contributed by atoms with van der Waals surface area (Å²) in [4.78, 5) is 11.9. The highest BCUT2D eigenvalue weighted by atomic mass is 35.5. The molecule has 1 aromatic carbocycles. The van der Waals surface area contributed by atoms with Gasteiger partial charge in [-0.3, -0.25) is 4.79 Å². The molecule has 0 bridgehead atoms. The maximum atomic E-state index is 11.9. The van der Waals surface area contributed by atoms with E-state index in [1.54, 1.807) is 12.3 Å². The highest BCUT2D eigenvalue weighted by Crippen LogP contribution is 2.22. The molecule has 0 aliphatic rings. The molecule has 0 unspecified atom stereocenters. The van der Waals surface area contributed by atoms with Crippen LogP contribution < -0.4 is 5.32 Å². The van der Waals surface area contributed by atoms with Crippen molar-refractivity contribution in [2.45, 2.75) is 20.0 Å². The van der Waals surface area contributed by atoms with Crippen LogP contribution in [0.15, 0.2) is 53.2 Å². The zero-order valence-electron chi connectivity index (χ0n) is 13.0. The molecule has 1 N–H and O–H groups in total. The molecule has 122 valence electrons. The first-order valence-electron chi connectivity index (χ1n) is 7.48. The number of amides is 1. The fourth-order valence-corrected chi connectivity index (χ4v) is 2.34. The van der Waals surface area contributed by atoms with Gasteiger partial charge in [-0.25, -0.2) is 0 Å². The first-order chi connectivity index (χ1) is 11.2. The molecule has 0 fully saturated rings. The molecule has 4 nitrogen and oxygen atoms in total. The van der Waals surface area contributed by atoms with Gasteiger partial charge in [-0.2, -0.15) is 0 Å². The Morgan fingerprint density at radius 1 is 1.30 bits per heavy atom. The Balaban J connectivity index is 1.66. The molecule has 0 aliphatic heterocycles. The first-order valence-corrected chi connectivity index (χ1v) is 7.86. The van der Waals surface area contributed by atoms with Gasteiger partial charge >= 0.3 is 0 Å². The number of carbonyl (C=O) groups excluding carboxylic acids is 1. The predicted octanol–water partition coefficient (Wildman–Crippen LogP) is 4.06. The number of allylic oxidation sites excluding steroid dienone is 1. The summed E-state index contributed by atoms with van der Waals surface area (Å²) in [5.41, 5.74) is 1.70. The minimum Gasteiger partial charge on any atom is -0.467 e. The number of benzene rings is 1. The van der Waals surface area contributed by atoms with Gasteiger partial charge in [0.25, 0.3) is 0 Å². The lowest BCUT2D eigenvalue weighted by Crippen LogP contribution is -2.23. The average Bonchev–Trinajstić information content (AvgIpc) is 3.04. The summed E-state index contributed by atoms with van der Waals surface area (Å²) in [7, 11) is 0. The standard InChI is InChI=1S/C18H20ClNO3/c1-14(16-7-2-3-8-17(16)19)12-18(21)20-9-5-10-22-13-15-6-4-11-23-15/h2-4,6-8,11-12H,5,9-10,13H2,1H3,(H,20,21)/b14-12-. The van der Waals surface area contributed by atoms with E-state index in [4.69, 9.17) is 20.8 Å². The van der Waals surface area contributed by atoms with Gasteiger partial charge in [0.15, 0.2) is 0 Å². The summed E-state index contributed by atoms with van der Waals surface area (Å²) in [5.74, 6) is 0.667. The Bertz CT molecular complexity index is 650. The van der Waals surface area contributed by atoms with E-state index >= 15 is 0 Å². The fourth-order valence-electron chi connectivity index (χ4n) is 2.06. The molecule has 1 aromatic heterocycles. The number of furan rings is 1. The van der Waals surface area contributed by atoms with Crippen LogP contribution in [0.4, 0.5) is 0 Å². The SMILES string of the molecule is C/C(=C/C(=O)NCCCOCc1ccco1)c1ccccc1Cl. The second-order valence-electron chi connectivity index (χ2n) is 5.08. The van der Waals surface area contributed by atoms with E-state index in [1.165, 1.54) is 0 Å². The number of carbonyl (C=O) groups is 1. The van der Waals surface area contributed by atoms with Gasteiger partial charge in [-0.05, 0) is 42.7 Å². The van der Waals surface area contributed by atoms with Crippen molar-refractivity contribution in [2.75, 3.05) is 13.2 Å². The molecule has 0 saturated carbocycles. The number of nitrogens with one attached hydrogen (secondary N) is 1. The van der Waals surface area contributed by atoms with Crippen molar-refractivity contribution in [1.29, 1.82) is 0 Å². The normalized spacial score (nSPS) is 11.5. The summed E-state index contributed by atoms with van der Waals surface area (Å²) >= 11 is 6.11. The smallest absolute Gasteiger partial charge is 0.244 e.